The lowest BCUT2D eigenvalue weighted by atomic mass is 9.92. The van der Waals surface area contributed by atoms with Crippen molar-refractivity contribution in [3.05, 3.63) is 35.9 Å². The number of carbonyl (C=O) groups excluding carboxylic acids is 1. The number of amides is 1. The highest BCUT2D eigenvalue weighted by molar-refractivity contribution is 5.77. The van der Waals surface area contributed by atoms with Gasteiger partial charge in [0.15, 0.2) is 0 Å². The molecule has 0 aromatic heterocycles. The molecule has 1 amide bonds. The molecule has 1 atom stereocenters. The van der Waals surface area contributed by atoms with Crippen LogP contribution in [0.1, 0.15) is 31.7 Å². The van der Waals surface area contributed by atoms with E-state index in [1.54, 1.807) is 0 Å². The zero-order valence-electron chi connectivity index (χ0n) is 15.2. The Bertz CT molecular complexity index is 539. The Morgan fingerprint density at radius 3 is 2.46 bits per heavy atom. The second-order valence-corrected chi connectivity index (χ2v) is 7.42. The van der Waals surface area contributed by atoms with Gasteiger partial charge in [0.1, 0.15) is 0 Å². The maximum absolute atomic E-state index is 12.7. The van der Waals surface area contributed by atoms with Crippen LogP contribution < -0.4 is 0 Å². The average molecular weight is 329 g/mol. The molecular formula is C20H31N3O. The van der Waals surface area contributed by atoms with Crippen LogP contribution in [0.2, 0.25) is 0 Å². The number of carbonyl (C=O) groups is 1. The molecule has 2 heterocycles. The SMILES string of the molecule is CCC1(N2CCN(C)CC2)CCN(C(=O)CCc2ccccc2)C1. The first-order chi connectivity index (χ1) is 11.6. The standard InChI is InChI=1S/C20H31N3O/c1-3-20(23-15-13-21(2)14-16-23)11-12-22(17-20)19(24)10-9-18-7-5-4-6-8-18/h4-8H,3,9-17H2,1-2H3. The van der Waals surface area contributed by atoms with E-state index in [9.17, 15) is 4.79 Å². The number of likely N-dealkylation sites (N-methyl/N-ethyl adjacent to an activating group) is 1. The molecule has 2 saturated heterocycles. The van der Waals surface area contributed by atoms with E-state index in [4.69, 9.17) is 0 Å². The van der Waals surface area contributed by atoms with Gasteiger partial charge in [0.05, 0.1) is 0 Å². The minimum Gasteiger partial charge on any atom is -0.341 e. The molecule has 2 fully saturated rings. The second kappa shape index (κ2) is 7.66. The highest BCUT2D eigenvalue weighted by atomic mass is 16.2. The first kappa shape index (κ1) is 17.4. The van der Waals surface area contributed by atoms with Crippen LogP contribution in [0.25, 0.3) is 0 Å². The van der Waals surface area contributed by atoms with Crippen molar-refractivity contribution in [2.75, 3.05) is 46.3 Å². The van der Waals surface area contributed by atoms with Crippen LogP contribution in [0.4, 0.5) is 0 Å². The number of rotatable bonds is 5. The Morgan fingerprint density at radius 2 is 1.79 bits per heavy atom. The Labute approximate surface area is 146 Å². The molecule has 4 heteroatoms. The van der Waals surface area contributed by atoms with Gasteiger partial charge < -0.3 is 9.80 Å². The monoisotopic (exact) mass is 329 g/mol. The fourth-order valence-electron chi connectivity index (χ4n) is 4.17. The van der Waals surface area contributed by atoms with Crippen molar-refractivity contribution in [3.63, 3.8) is 0 Å². The van der Waals surface area contributed by atoms with Gasteiger partial charge in [0.2, 0.25) is 5.91 Å². The molecule has 0 bridgehead atoms. The summed E-state index contributed by atoms with van der Waals surface area (Å²) in [6.07, 6.45) is 3.75. The van der Waals surface area contributed by atoms with Crippen molar-refractivity contribution in [1.82, 2.24) is 14.7 Å². The number of hydrogen-bond donors (Lipinski definition) is 0. The lowest BCUT2D eigenvalue weighted by Crippen LogP contribution is -2.57. The number of benzene rings is 1. The maximum atomic E-state index is 12.7. The zero-order chi connectivity index (χ0) is 17.0. The molecular weight excluding hydrogens is 298 g/mol. The topological polar surface area (TPSA) is 26.8 Å². The van der Waals surface area contributed by atoms with E-state index in [-0.39, 0.29) is 5.54 Å². The molecule has 24 heavy (non-hydrogen) atoms. The highest BCUT2D eigenvalue weighted by Gasteiger charge is 2.43. The van der Waals surface area contributed by atoms with Gasteiger partial charge in [0, 0.05) is 51.2 Å². The molecule has 2 aliphatic heterocycles. The predicted octanol–water partition coefficient (Wildman–Crippen LogP) is 2.25. The van der Waals surface area contributed by atoms with Crippen molar-refractivity contribution in [2.24, 2.45) is 0 Å². The molecule has 0 spiro atoms. The third-order valence-electron chi connectivity index (χ3n) is 5.99. The van der Waals surface area contributed by atoms with Gasteiger partial charge in [-0.15, -0.1) is 0 Å². The fraction of sp³-hybridized carbons (Fsp3) is 0.650. The van der Waals surface area contributed by atoms with Crippen LogP contribution in [0.3, 0.4) is 0 Å². The molecule has 4 nitrogen and oxygen atoms in total. The van der Waals surface area contributed by atoms with Crippen LogP contribution >= 0.6 is 0 Å². The fourth-order valence-corrected chi connectivity index (χ4v) is 4.17. The van der Waals surface area contributed by atoms with Crippen molar-refractivity contribution < 1.29 is 4.79 Å². The van der Waals surface area contributed by atoms with Crippen LogP contribution in [-0.2, 0) is 11.2 Å². The first-order valence-corrected chi connectivity index (χ1v) is 9.38. The molecule has 3 rings (SSSR count). The van der Waals surface area contributed by atoms with E-state index in [2.05, 4.69) is 40.8 Å². The van der Waals surface area contributed by atoms with E-state index >= 15 is 0 Å². The van der Waals surface area contributed by atoms with Crippen LogP contribution in [0.15, 0.2) is 30.3 Å². The molecule has 1 aromatic carbocycles. The summed E-state index contributed by atoms with van der Waals surface area (Å²) < 4.78 is 0. The lowest BCUT2D eigenvalue weighted by Gasteiger charge is -2.45. The van der Waals surface area contributed by atoms with Crippen LogP contribution in [0, 0.1) is 0 Å². The molecule has 0 aliphatic carbocycles. The van der Waals surface area contributed by atoms with Gasteiger partial charge in [-0.3, -0.25) is 9.69 Å². The van der Waals surface area contributed by atoms with E-state index < -0.39 is 0 Å². The summed E-state index contributed by atoms with van der Waals surface area (Å²) in [5.74, 6) is 0.323. The quantitative estimate of drug-likeness (QED) is 0.829. The predicted molar refractivity (Wildman–Crippen MR) is 98.1 cm³/mol. The summed E-state index contributed by atoms with van der Waals surface area (Å²) in [6, 6.07) is 10.3. The molecule has 2 aliphatic rings. The summed E-state index contributed by atoms with van der Waals surface area (Å²) in [6.45, 7) is 8.69. The van der Waals surface area contributed by atoms with Gasteiger partial charge in [-0.25, -0.2) is 0 Å². The summed E-state index contributed by atoms with van der Waals surface area (Å²) in [4.78, 5) is 19.8. The van der Waals surface area contributed by atoms with Crippen molar-refractivity contribution in [1.29, 1.82) is 0 Å². The molecule has 0 N–H and O–H groups in total. The Hall–Kier alpha value is -1.39. The third kappa shape index (κ3) is 3.81. The van der Waals surface area contributed by atoms with Crippen LogP contribution in [0.5, 0.6) is 0 Å². The van der Waals surface area contributed by atoms with E-state index in [1.165, 1.54) is 5.56 Å². The number of piperazine rings is 1. The lowest BCUT2D eigenvalue weighted by molar-refractivity contribution is -0.130. The molecule has 132 valence electrons. The summed E-state index contributed by atoms with van der Waals surface area (Å²) in [5.41, 5.74) is 1.47. The minimum atomic E-state index is 0.212. The maximum Gasteiger partial charge on any atom is 0.222 e. The first-order valence-electron chi connectivity index (χ1n) is 9.38. The smallest absolute Gasteiger partial charge is 0.222 e. The molecule has 0 radical (unpaired) electrons. The average Bonchev–Trinajstić information content (AvgIpc) is 3.07. The Kier molecular flexibility index (Phi) is 5.57. The molecule has 0 saturated carbocycles. The summed E-state index contributed by atoms with van der Waals surface area (Å²) in [5, 5.41) is 0. The Morgan fingerprint density at radius 1 is 1.08 bits per heavy atom. The van der Waals surface area contributed by atoms with Crippen molar-refractivity contribution in [3.8, 4) is 0 Å². The summed E-state index contributed by atoms with van der Waals surface area (Å²) in [7, 11) is 2.20. The van der Waals surface area contributed by atoms with Gasteiger partial charge in [0.25, 0.3) is 0 Å². The summed E-state index contributed by atoms with van der Waals surface area (Å²) >= 11 is 0. The number of hydrogen-bond acceptors (Lipinski definition) is 3. The number of likely N-dealkylation sites (tertiary alicyclic amines) is 1. The number of aryl methyl sites for hydroxylation is 1. The van der Waals surface area contributed by atoms with E-state index in [0.717, 1.165) is 58.5 Å². The molecule has 1 unspecified atom stereocenters. The van der Waals surface area contributed by atoms with Crippen molar-refractivity contribution >= 4 is 5.91 Å². The third-order valence-corrected chi connectivity index (χ3v) is 5.99. The minimum absolute atomic E-state index is 0.212. The second-order valence-electron chi connectivity index (χ2n) is 7.42. The van der Waals surface area contributed by atoms with Gasteiger partial charge in [-0.1, -0.05) is 37.3 Å². The Balaban J connectivity index is 1.55. The van der Waals surface area contributed by atoms with Gasteiger partial charge >= 0.3 is 0 Å². The van der Waals surface area contributed by atoms with E-state index in [1.807, 2.05) is 18.2 Å². The van der Waals surface area contributed by atoms with Gasteiger partial charge in [-0.05, 0) is 31.9 Å². The normalized spacial score (nSPS) is 26.0. The van der Waals surface area contributed by atoms with E-state index in [0.29, 0.717) is 12.3 Å². The van der Waals surface area contributed by atoms with Crippen molar-refractivity contribution in [2.45, 2.75) is 38.1 Å². The highest BCUT2D eigenvalue weighted by Crippen LogP contribution is 2.32. The van der Waals surface area contributed by atoms with Crippen LogP contribution in [-0.4, -0.2) is 72.5 Å². The largest absolute Gasteiger partial charge is 0.341 e. The van der Waals surface area contributed by atoms with Gasteiger partial charge in [-0.2, -0.15) is 0 Å². The number of nitrogens with zero attached hydrogens (tertiary/aromatic N) is 3. The zero-order valence-corrected chi connectivity index (χ0v) is 15.2. The molecule has 1 aromatic rings.